The topological polar surface area (TPSA) is 94.4 Å². The summed E-state index contributed by atoms with van der Waals surface area (Å²) in [5.41, 5.74) is 3.32. The number of benzene rings is 3. The molecule has 0 aliphatic rings. The van der Waals surface area contributed by atoms with Crippen LogP contribution in [0.15, 0.2) is 66.7 Å². The van der Waals surface area contributed by atoms with E-state index in [0.29, 0.717) is 34.2 Å². The zero-order valence-electron chi connectivity index (χ0n) is 17.9. The van der Waals surface area contributed by atoms with Gasteiger partial charge in [0.15, 0.2) is 17.5 Å². The van der Waals surface area contributed by atoms with Crippen molar-refractivity contribution < 1.29 is 19.4 Å². The van der Waals surface area contributed by atoms with E-state index < -0.39 is 5.97 Å². The van der Waals surface area contributed by atoms with Crippen molar-refractivity contribution in [2.45, 2.75) is 6.92 Å². The van der Waals surface area contributed by atoms with Gasteiger partial charge < -0.3 is 14.6 Å². The third-order valence-electron chi connectivity index (χ3n) is 4.94. The summed E-state index contributed by atoms with van der Waals surface area (Å²) in [6.45, 7) is 1.90. The number of phenolic OH excluding ortho intramolecular Hbond substituents is 1. The van der Waals surface area contributed by atoms with Gasteiger partial charge >= 0.3 is 5.97 Å². The highest BCUT2D eigenvalue weighted by Crippen LogP contribution is 2.31. The molecule has 7 nitrogen and oxygen atoms in total. The van der Waals surface area contributed by atoms with E-state index in [4.69, 9.17) is 9.47 Å². The van der Waals surface area contributed by atoms with E-state index in [-0.39, 0.29) is 5.75 Å². The number of ether oxygens (including phenoxy) is 2. The van der Waals surface area contributed by atoms with Crippen LogP contribution in [0.1, 0.15) is 15.9 Å². The molecule has 0 aliphatic carbocycles. The first kappa shape index (κ1) is 21.0. The summed E-state index contributed by atoms with van der Waals surface area (Å²) in [5.74, 6) is 1.59. The first-order valence-electron chi connectivity index (χ1n) is 9.87. The number of carbonyl (C=O) groups is 1. The molecule has 3 aromatic carbocycles. The van der Waals surface area contributed by atoms with Crippen molar-refractivity contribution in [3.05, 3.63) is 77.9 Å². The van der Waals surface area contributed by atoms with Crippen LogP contribution in [-0.4, -0.2) is 40.2 Å². The quantitative estimate of drug-likeness (QED) is 0.462. The fourth-order valence-corrected chi connectivity index (χ4v) is 3.20. The largest absolute Gasteiger partial charge is 0.507 e. The van der Waals surface area contributed by atoms with Crippen LogP contribution in [0, 0.1) is 6.92 Å². The van der Waals surface area contributed by atoms with Crippen LogP contribution in [0.2, 0.25) is 0 Å². The van der Waals surface area contributed by atoms with Crippen molar-refractivity contribution >= 4 is 5.97 Å². The lowest BCUT2D eigenvalue weighted by molar-refractivity contribution is 0.0600. The van der Waals surface area contributed by atoms with Crippen molar-refractivity contribution in [1.29, 1.82) is 0 Å². The van der Waals surface area contributed by atoms with Crippen LogP contribution in [0.5, 0.6) is 11.5 Å². The second-order valence-corrected chi connectivity index (χ2v) is 7.12. The lowest BCUT2D eigenvalue weighted by atomic mass is 10.1. The Bertz CT molecular complexity index is 1270. The van der Waals surface area contributed by atoms with Gasteiger partial charge in [-0.15, -0.1) is 0 Å². The maximum atomic E-state index is 11.8. The number of nitrogens with zero attached hydrogens (tertiary/aromatic N) is 3. The number of hydrogen-bond donors (Lipinski definition) is 1. The number of carbonyl (C=O) groups excluding carboxylic acids is 1. The Morgan fingerprint density at radius 3 is 1.88 bits per heavy atom. The minimum Gasteiger partial charge on any atom is -0.507 e. The van der Waals surface area contributed by atoms with E-state index in [9.17, 15) is 9.90 Å². The molecule has 0 fully saturated rings. The Morgan fingerprint density at radius 1 is 0.781 bits per heavy atom. The molecule has 0 saturated carbocycles. The SMILES string of the molecule is COC(=O)c1ccc(-c2nc(-c3ccc(OC)cc3)nc(-c3ccc(C)cc3O)n2)cc1. The zero-order chi connectivity index (χ0) is 22.7. The van der Waals surface area contributed by atoms with Gasteiger partial charge in [0.2, 0.25) is 0 Å². The van der Waals surface area contributed by atoms with Crippen LogP contribution in [0.4, 0.5) is 0 Å². The first-order chi connectivity index (χ1) is 15.5. The van der Waals surface area contributed by atoms with Gasteiger partial charge in [-0.1, -0.05) is 18.2 Å². The third kappa shape index (κ3) is 4.27. The van der Waals surface area contributed by atoms with Crippen molar-refractivity contribution in [1.82, 2.24) is 15.0 Å². The molecule has 0 aliphatic heterocycles. The van der Waals surface area contributed by atoms with Crippen LogP contribution < -0.4 is 4.74 Å². The monoisotopic (exact) mass is 427 g/mol. The van der Waals surface area contributed by atoms with Gasteiger partial charge in [0, 0.05) is 11.1 Å². The Balaban J connectivity index is 1.85. The van der Waals surface area contributed by atoms with E-state index in [1.165, 1.54) is 7.11 Å². The number of aromatic hydroxyl groups is 1. The number of aryl methyl sites for hydroxylation is 1. The molecule has 7 heteroatoms. The zero-order valence-corrected chi connectivity index (χ0v) is 17.9. The standard InChI is InChI=1S/C25H21N3O4/c1-15-4-13-20(21(29)14-15)24-27-22(16-5-7-18(8-6-16)25(30)32-3)26-23(28-24)17-9-11-19(31-2)12-10-17/h4-14,29H,1-3H3. The number of esters is 1. The third-order valence-corrected chi connectivity index (χ3v) is 4.94. The second-order valence-electron chi connectivity index (χ2n) is 7.12. The molecule has 0 bridgehead atoms. The van der Waals surface area contributed by atoms with Gasteiger partial charge in [0.25, 0.3) is 0 Å². The smallest absolute Gasteiger partial charge is 0.337 e. The number of aromatic nitrogens is 3. The lowest BCUT2D eigenvalue weighted by Crippen LogP contribution is -2.02. The van der Waals surface area contributed by atoms with E-state index in [1.807, 2.05) is 37.3 Å². The van der Waals surface area contributed by atoms with Crippen molar-refractivity contribution in [3.63, 3.8) is 0 Å². The highest BCUT2D eigenvalue weighted by molar-refractivity contribution is 5.89. The summed E-state index contributed by atoms with van der Waals surface area (Å²) < 4.78 is 9.99. The van der Waals surface area contributed by atoms with Gasteiger partial charge in [-0.3, -0.25) is 0 Å². The first-order valence-corrected chi connectivity index (χ1v) is 9.87. The van der Waals surface area contributed by atoms with Crippen molar-refractivity contribution in [3.8, 4) is 45.7 Å². The lowest BCUT2D eigenvalue weighted by Gasteiger charge is -2.10. The van der Waals surface area contributed by atoms with Crippen LogP contribution in [0.25, 0.3) is 34.2 Å². The molecule has 0 spiro atoms. The van der Waals surface area contributed by atoms with Gasteiger partial charge in [-0.2, -0.15) is 0 Å². The Labute approximate surface area is 185 Å². The molecular formula is C25H21N3O4. The number of rotatable bonds is 5. The summed E-state index contributed by atoms with van der Waals surface area (Å²) in [6.07, 6.45) is 0. The van der Waals surface area contributed by atoms with Crippen LogP contribution >= 0.6 is 0 Å². The molecule has 4 aromatic rings. The molecule has 4 rings (SSSR count). The van der Waals surface area contributed by atoms with Crippen molar-refractivity contribution in [2.75, 3.05) is 14.2 Å². The second kappa shape index (κ2) is 8.85. The normalized spacial score (nSPS) is 10.6. The van der Waals surface area contributed by atoms with Crippen LogP contribution in [-0.2, 0) is 4.74 Å². The molecule has 0 amide bonds. The van der Waals surface area contributed by atoms with E-state index in [2.05, 4.69) is 15.0 Å². The minimum absolute atomic E-state index is 0.0869. The maximum Gasteiger partial charge on any atom is 0.337 e. The molecule has 32 heavy (non-hydrogen) atoms. The molecule has 1 heterocycles. The van der Waals surface area contributed by atoms with Gasteiger partial charge in [-0.05, 0) is 61.0 Å². The Morgan fingerprint density at radius 2 is 1.34 bits per heavy atom. The summed E-state index contributed by atoms with van der Waals surface area (Å²) in [6, 6.07) is 19.5. The molecule has 0 saturated heterocycles. The van der Waals surface area contributed by atoms with Gasteiger partial charge in [0.05, 0.1) is 25.3 Å². The summed E-state index contributed by atoms with van der Waals surface area (Å²) in [7, 11) is 2.94. The molecule has 0 atom stereocenters. The Hall–Kier alpha value is -4.26. The van der Waals surface area contributed by atoms with Crippen LogP contribution in [0.3, 0.4) is 0 Å². The highest BCUT2D eigenvalue weighted by atomic mass is 16.5. The predicted octanol–water partition coefficient (Wildman–Crippen LogP) is 4.68. The Kier molecular flexibility index (Phi) is 5.81. The number of phenols is 1. The fraction of sp³-hybridized carbons (Fsp3) is 0.120. The molecule has 0 radical (unpaired) electrons. The summed E-state index contributed by atoms with van der Waals surface area (Å²) in [4.78, 5) is 25.6. The summed E-state index contributed by atoms with van der Waals surface area (Å²) >= 11 is 0. The van der Waals surface area contributed by atoms with Gasteiger partial charge in [-0.25, -0.2) is 19.7 Å². The average molecular weight is 427 g/mol. The molecule has 160 valence electrons. The molecule has 1 aromatic heterocycles. The fourth-order valence-electron chi connectivity index (χ4n) is 3.20. The number of methoxy groups -OCH3 is 2. The molecular weight excluding hydrogens is 406 g/mol. The average Bonchev–Trinajstić information content (AvgIpc) is 2.83. The van der Waals surface area contributed by atoms with Gasteiger partial charge in [0.1, 0.15) is 11.5 Å². The molecule has 1 N–H and O–H groups in total. The highest BCUT2D eigenvalue weighted by Gasteiger charge is 2.15. The van der Waals surface area contributed by atoms with E-state index in [1.54, 1.807) is 43.5 Å². The number of hydrogen-bond acceptors (Lipinski definition) is 7. The van der Waals surface area contributed by atoms with E-state index in [0.717, 1.165) is 16.9 Å². The van der Waals surface area contributed by atoms with Crippen molar-refractivity contribution in [2.24, 2.45) is 0 Å². The van der Waals surface area contributed by atoms with E-state index >= 15 is 0 Å². The molecule has 0 unspecified atom stereocenters. The maximum absolute atomic E-state index is 11.8. The minimum atomic E-state index is -0.420. The predicted molar refractivity (Wildman–Crippen MR) is 120 cm³/mol. The summed E-state index contributed by atoms with van der Waals surface area (Å²) in [5, 5.41) is 10.5.